The molecule has 1 aliphatic carbocycles. The van der Waals surface area contributed by atoms with Crippen LogP contribution < -0.4 is 5.32 Å². The van der Waals surface area contributed by atoms with Crippen molar-refractivity contribution in [3.8, 4) is 0 Å². The van der Waals surface area contributed by atoms with Gasteiger partial charge in [-0.05, 0) is 37.0 Å². The Morgan fingerprint density at radius 3 is 2.56 bits per heavy atom. The third kappa shape index (κ3) is 4.42. The number of ether oxygens (including phenoxy) is 1. The van der Waals surface area contributed by atoms with Crippen molar-refractivity contribution in [2.24, 2.45) is 5.92 Å². The van der Waals surface area contributed by atoms with Gasteiger partial charge in [-0.3, -0.25) is 14.5 Å². The molecule has 5 rings (SSSR count). The first kappa shape index (κ1) is 22.9. The SMILES string of the molecule is O=C(CN1C(=O)N(CCc2ccccc2)C(=O)C2OC3CCCCC3C21)Nc1ccccc1Cl. The van der Waals surface area contributed by atoms with Crippen LogP contribution in [-0.4, -0.2) is 59.0 Å². The Morgan fingerprint density at radius 1 is 1.03 bits per heavy atom. The molecule has 1 saturated carbocycles. The Balaban J connectivity index is 1.38. The number of imide groups is 1. The average Bonchev–Trinajstić information content (AvgIpc) is 3.24. The van der Waals surface area contributed by atoms with Crippen LogP contribution in [0.25, 0.3) is 0 Å². The third-order valence-corrected chi connectivity index (χ3v) is 7.43. The monoisotopic (exact) mass is 481 g/mol. The van der Waals surface area contributed by atoms with Gasteiger partial charge in [0, 0.05) is 12.5 Å². The molecule has 3 fully saturated rings. The van der Waals surface area contributed by atoms with Crippen molar-refractivity contribution in [3.05, 3.63) is 65.2 Å². The summed E-state index contributed by atoms with van der Waals surface area (Å²) < 4.78 is 6.22. The lowest BCUT2D eigenvalue weighted by atomic mass is 9.81. The van der Waals surface area contributed by atoms with Crippen LogP contribution >= 0.6 is 11.6 Å². The van der Waals surface area contributed by atoms with Crippen LogP contribution in [0, 0.1) is 5.92 Å². The molecular weight excluding hydrogens is 454 g/mol. The fraction of sp³-hybridized carbons (Fsp3) is 0.423. The van der Waals surface area contributed by atoms with Gasteiger partial charge in [-0.2, -0.15) is 0 Å². The predicted molar refractivity (Wildman–Crippen MR) is 128 cm³/mol. The second kappa shape index (κ2) is 9.76. The Kier molecular flexibility index (Phi) is 6.57. The van der Waals surface area contributed by atoms with Crippen molar-refractivity contribution in [2.45, 2.75) is 50.4 Å². The highest BCUT2D eigenvalue weighted by molar-refractivity contribution is 6.33. The maximum atomic E-state index is 13.6. The first-order valence-corrected chi connectivity index (χ1v) is 12.3. The van der Waals surface area contributed by atoms with Gasteiger partial charge in [-0.15, -0.1) is 0 Å². The minimum Gasteiger partial charge on any atom is -0.363 e. The Morgan fingerprint density at radius 2 is 1.76 bits per heavy atom. The minimum absolute atomic E-state index is 0.0521. The number of nitrogens with zero attached hydrogens (tertiary/aromatic N) is 2. The summed E-state index contributed by atoms with van der Waals surface area (Å²) in [5.41, 5.74) is 1.53. The number of hydrogen-bond acceptors (Lipinski definition) is 4. The number of carbonyl (C=O) groups excluding carboxylic acids is 3. The molecule has 178 valence electrons. The summed E-state index contributed by atoms with van der Waals surface area (Å²) in [5, 5.41) is 3.23. The lowest BCUT2D eigenvalue weighted by Gasteiger charge is -2.43. The number of amides is 4. The Hall–Kier alpha value is -2.90. The van der Waals surface area contributed by atoms with E-state index in [1.165, 1.54) is 4.90 Å². The first-order chi connectivity index (χ1) is 16.5. The molecule has 2 aromatic carbocycles. The van der Waals surface area contributed by atoms with Gasteiger partial charge in [-0.1, -0.05) is 66.9 Å². The lowest BCUT2D eigenvalue weighted by molar-refractivity contribution is -0.147. The van der Waals surface area contributed by atoms with E-state index in [9.17, 15) is 14.4 Å². The molecule has 2 aromatic rings. The van der Waals surface area contributed by atoms with E-state index < -0.39 is 18.2 Å². The predicted octanol–water partition coefficient (Wildman–Crippen LogP) is 4.11. The number of para-hydroxylation sites is 1. The van der Waals surface area contributed by atoms with Gasteiger partial charge in [0.05, 0.1) is 22.9 Å². The molecule has 0 radical (unpaired) electrons. The number of halogens is 1. The molecule has 34 heavy (non-hydrogen) atoms. The normalized spacial score (nSPS) is 26.3. The van der Waals surface area contributed by atoms with Crippen molar-refractivity contribution in [2.75, 3.05) is 18.4 Å². The summed E-state index contributed by atoms with van der Waals surface area (Å²) in [6.45, 7) is 0.0825. The molecular formula is C26H28ClN3O4. The van der Waals surface area contributed by atoms with E-state index >= 15 is 0 Å². The molecule has 4 atom stereocenters. The van der Waals surface area contributed by atoms with Crippen molar-refractivity contribution < 1.29 is 19.1 Å². The van der Waals surface area contributed by atoms with Gasteiger partial charge in [-0.25, -0.2) is 4.79 Å². The zero-order valence-corrected chi connectivity index (χ0v) is 19.6. The number of urea groups is 1. The molecule has 1 N–H and O–H groups in total. The fourth-order valence-corrected chi connectivity index (χ4v) is 5.66. The van der Waals surface area contributed by atoms with E-state index in [2.05, 4.69) is 5.32 Å². The average molecular weight is 482 g/mol. The standard InChI is InChI=1S/C26H28ClN3O4/c27-19-11-5-6-12-20(19)28-22(31)16-30-23-18-10-4-7-13-21(18)34-24(23)25(32)29(26(30)33)15-14-17-8-2-1-3-9-17/h1-3,5-6,8-9,11-12,18,21,23-24H,4,7,10,13-16H2,(H,28,31). The van der Waals surface area contributed by atoms with Gasteiger partial charge >= 0.3 is 6.03 Å². The van der Waals surface area contributed by atoms with E-state index in [-0.39, 0.29) is 36.9 Å². The first-order valence-electron chi connectivity index (χ1n) is 11.9. The maximum absolute atomic E-state index is 13.6. The molecule has 2 heterocycles. The highest BCUT2D eigenvalue weighted by Gasteiger charge is 2.57. The Labute approximate surface area is 204 Å². The van der Waals surface area contributed by atoms with E-state index in [1.54, 1.807) is 29.2 Å². The quantitative estimate of drug-likeness (QED) is 0.673. The topological polar surface area (TPSA) is 79.0 Å². The second-order valence-corrected chi connectivity index (χ2v) is 9.61. The van der Waals surface area contributed by atoms with E-state index in [0.717, 1.165) is 31.2 Å². The van der Waals surface area contributed by atoms with Crippen molar-refractivity contribution in [1.29, 1.82) is 0 Å². The lowest BCUT2D eigenvalue weighted by Crippen LogP contribution is -2.65. The zero-order valence-electron chi connectivity index (χ0n) is 18.9. The van der Waals surface area contributed by atoms with Crippen molar-refractivity contribution in [1.82, 2.24) is 9.80 Å². The van der Waals surface area contributed by atoms with Gasteiger partial charge in [0.1, 0.15) is 6.54 Å². The fourth-order valence-electron chi connectivity index (χ4n) is 5.48. The molecule has 0 spiro atoms. The largest absolute Gasteiger partial charge is 0.363 e. The number of nitrogens with one attached hydrogen (secondary N) is 1. The number of anilines is 1. The Bertz CT molecular complexity index is 1080. The van der Waals surface area contributed by atoms with Crippen molar-refractivity contribution in [3.63, 3.8) is 0 Å². The van der Waals surface area contributed by atoms with Gasteiger partial charge in [0.2, 0.25) is 5.91 Å². The van der Waals surface area contributed by atoms with Gasteiger partial charge in [0.15, 0.2) is 6.10 Å². The molecule has 4 unspecified atom stereocenters. The summed E-state index contributed by atoms with van der Waals surface area (Å²) >= 11 is 6.19. The second-order valence-electron chi connectivity index (χ2n) is 9.20. The van der Waals surface area contributed by atoms with Crippen LogP contribution in [0.2, 0.25) is 5.02 Å². The molecule has 8 heteroatoms. The summed E-state index contributed by atoms with van der Waals surface area (Å²) in [6.07, 6.45) is 3.61. The summed E-state index contributed by atoms with van der Waals surface area (Å²) in [6, 6.07) is 15.9. The highest BCUT2D eigenvalue weighted by Crippen LogP contribution is 2.43. The summed E-state index contributed by atoms with van der Waals surface area (Å²) in [5.74, 6) is -0.573. The molecule has 0 aromatic heterocycles. The smallest absolute Gasteiger partial charge is 0.327 e. The van der Waals surface area contributed by atoms with Crippen LogP contribution in [-0.2, 0) is 20.7 Å². The molecule has 4 amide bonds. The number of rotatable bonds is 6. The van der Waals surface area contributed by atoms with E-state index in [0.29, 0.717) is 17.1 Å². The van der Waals surface area contributed by atoms with Crippen LogP contribution in [0.15, 0.2) is 54.6 Å². The van der Waals surface area contributed by atoms with Crippen LogP contribution in [0.5, 0.6) is 0 Å². The zero-order chi connectivity index (χ0) is 23.7. The molecule has 0 bridgehead atoms. The third-order valence-electron chi connectivity index (χ3n) is 7.10. The van der Waals surface area contributed by atoms with E-state index in [1.807, 2.05) is 30.3 Å². The number of hydrogen-bond donors (Lipinski definition) is 1. The molecule has 3 aliphatic rings. The van der Waals surface area contributed by atoms with Crippen LogP contribution in [0.1, 0.15) is 31.2 Å². The van der Waals surface area contributed by atoms with Crippen molar-refractivity contribution >= 4 is 35.1 Å². The molecule has 2 saturated heterocycles. The van der Waals surface area contributed by atoms with Crippen LogP contribution in [0.4, 0.5) is 10.5 Å². The van der Waals surface area contributed by atoms with Gasteiger partial charge < -0.3 is 15.0 Å². The number of carbonyl (C=O) groups is 3. The van der Waals surface area contributed by atoms with Gasteiger partial charge in [0.25, 0.3) is 5.91 Å². The summed E-state index contributed by atoms with van der Waals surface area (Å²) in [7, 11) is 0. The molecule has 7 nitrogen and oxygen atoms in total. The summed E-state index contributed by atoms with van der Waals surface area (Å²) in [4.78, 5) is 42.8. The molecule has 2 aliphatic heterocycles. The highest BCUT2D eigenvalue weighted by atomic mass is 35.5. The number of fused-ring (bicyclic) bond motifs is 3. The maximum Gasteiger partial charge on any atom is 0.327 e. The minimum atomic E-state index is -0.727. The van der Waals surface area contributed by atoms with Crippen LogP contribution in [0.3, 0.4) is 0 Å². The number of benzene rings is 2. The van der Waals surface area contributed by atoms with E-state index in [4.69, 9.17) is 16.3 Å².